The number of carbonyl (C=O) groups is 1. The highest BCUT2D eigenvalue weighted by atomic mass is 32.2. The van der Waals surface area contributed by atoms with E-state index in [1.54, 1.807) is 19.9 Å². The molecule has 204 valence electrons. The molecule has 2 N–H and O–H groups in total. The maximum atomic E-state index is 14.4. The largest absolute Gasteiger partial charge is 0.492 e. The van der Waals surface area contributed by atoms with E-state index in [-0.39, 0.29) is 39.9 Å². The van der Waals surface area contributed by atoms with Crippen molar-refractivity contribution in [3.63, 3.8) is 0 Å². The fraction of sp³-hybridized carbons (Fsp3) is 0.269. The van der Waals surface area contributed by atoms with Crippen molar-refractivity contribution in [2.24, 2.45) is 0 Å². The molecule has 1 unspecified atom stereocenters. The lowest BCUT2D eigenvalue weighted by molar-refractivity contribution is -0.158. The highest BCUT2D eigenvalue weighted by Gasteiger charge is 2.27. The molecule has 38 heavy (non-hydrogen) atoms. The number of benzene rings is 3. The zero-order chi connectivity index (χ0) is 28.1. The van der Waals surface area contributed by atoms with Gasteiger partial charge in [-0.3, -0.25) is 9.52 Å². The summed E-state index contributed by atoms with van der Waals surface area (Å²) in [6.45, 7) is 3.95. The van der Waals surface area contributed by atoms with Gasteiger partial charge in [-0.1, -0.05) is 18.2 Å². The lowest BCUT2D eigenvalue weighted by atomic mass is 10.0. The van der Waals surface area contributed by atoms with Gasteiger partial charge in [-0.2, -0.15) is 8.78 Å². The zero-order valence-corrected chi connectivity index (χ0v) is 21.9. The molecular weight excluding hydrogens is 525 g/mol. The molecule has 0 fully saturated rings. The number of ether oxygens (including phenoxy) is 3. The molecule has 1 atom stereocenters. The number of hydrogen-bond acceptors (Lipinski definition) is 6. The number of anilines is 2. The van der Waals surface area contributed by atoms with Crippen molar-refractivity contribution in [2.45, 2.75) is 37.9 Å². The highest BCUT2D eigenvalue weighted by molar-refractivity contribution is 7.92. The van der Waals surface area contributed by atoms with Crippen LogP contribution in [0.4, 0.5) is 24.5 Å². The third kappa shape index (κ3) is 7.17. The van der Waals surface area contributed by atoms with Crippen molar-refractivity contribution in [2.75, 3.05) is 23.8 Å². The lowest BCUT2D eigenvalue weighted by Gasteiger charge is -2.19. The number of hydrogen-bond donors (Lipinski definition) is 2. The van der Waals surface area contributed by atoms with Crippen LogP contribution in [0.1, 0.15) is 31.1 Å². The molecule has 3 rings (SSSR count). The molecule has 3 aromatic carbocycles. The van der Waals surface area contributed by atoms with E-state index in [2.05, 4.69) is 14.8 Å². The molecule has 0 spiro atoms. The van der Waals surface area contributed by atoms with Crippen molar-refractivity contribution < 1.29 is 40.6 Å². The van der Waals surface area contributed by atoms with Gasteiger partial charge in [0.15, 0.2) is 6.10 Å². The van der Waals surface area contributed by atoms with Crippen LogP contribution in [0.3, 0.4) is 0 Å². The molecule has 0 heterocycles. The normalized spacial score (nSPS) is 12.5. The Hall–Kier alpha value is -3.77. The van der Waals surface area contributed by atoms with Crippen LogP contribution in [0.25, 0.3) is 0 Å². The third-order valence-electron chi connectivity index (χ3n) is 5.19. The first-order valence-corrected chi connectivity index (χ1v) is 12.9. The van der Waals surface area contributed by atoms with Gasteiger partial charge < -0.3 is 19.5 Å². The summed E-state index contributed by atoms with van der Waals surface area (Å²) in [4.78, 5) is 12.7. The van der Waals surface area contributed by atoms with Crippen LogP contribution in [-0.4, -0.2) is 34.2 Å². The zero-order valence-electron chi connectivity index (χ0n) is 21.0. The number of alkyl halides is 2. The van der Waals surface area contributed by atoms with E-state index in [4.69, 9.17) is 9.47 Å². The van der Waals surface area contributed by atoms with Gasteiger partial charge in [0.1, 0.15) is 22.2 Å². The van der Waals surface area contributed by atoms with Crippen molar-refractivity contribution in [1.29, 1.82) is 0 Å². The van der Waals surface area contributed by atoms with Crippen LogP contribution >= 0.6 is 0 Å². The Morgan fingerprint density at radius 1 is 1.05 bits per heavy atom. The SMILES string of the molecule is CCOc1cc(NC(=O)C(OC)c2c(C)cccc2F)ccc1S(=O)(=O)Nc1cccc(OC(C)(F)F)c1. The van der Waals surface area contributed by atoms with Gasteiger partial charge in [0.2, 0.25) is 0 Å². The van der Waals surface area contributed by atoms with Crippen LogP contribution < -0.4 is 19.5 Å². The topological polar surface area (TPSA) is 103 Å². The van der Waals surface area contributed by atoms with Gasteiger partial charge in [-0.15, -0.1) is 0 Å². The van der Waals surface area contributed by atoms with Crippen LogP contribution in [-0.2, 0) is 19.6 Å². The number of amides is 1. The molecule has 1 amide bonds. The smallest absolute Gasteiger partial charge is 0.394 e. The maximum absolute atomic E-state index is 14.4. The van der Waals surface area contributed by atoms with Gasteiger partial charge in [0.05, 0.1) is 12.3 Å². The number of rotatable bonds is 11. The summed E-state index contributed by atoms with van der Waals surface area (Å²) in [5.74, 6) is -1.60. The van der Waals surface area contributed by atoms with Crippen LogP contribution in [0.15, 0.2) is 65.6 Å². The second kappa shape index (κ2) is 11.7. The Kier molecular flexibility index (Phi) is 8.89. The van der Waals surface area contributed by atoms with Crippen LogP contribution in [0.5, 0.6) is 11.5 Å². The van der Waals surface area contributed by atoms with Gasteiger partial charge in [-0.25, -0.2) is 12.8 Å². The predicted molar refractivity (Wildman–Crippen MR) is 136 cm³/mol. The molecule has 12 heteroatoms. The number of methoxy groups -OCH3 is 1. The summed E-state index contributed by atoms with van der Waals surface area (Å²) < 4.78 is 84.5. The second-order valence-electron chi connectivity index (χ2n) is 8.21. The molecule has 0 saturated carbocycles. The molecule has 0 aliphatic carbocycles. The first-order chi connectivity index (χ1) is 17.8. The number of nitrogens with one attached hydrogen (secondary N) is 2. The Morgan fingerprint density at radius 3 is 2.39 bits per heavy atom. The average molecular weight is 553 g/mol. The van der Waals surface area contributed by atoms with Gasteiger partial charge in [0.25, 0.3) is 15.9 Å². The summed E-state index contributed by atoms with van der Waals surface area (Å²) in [6, 6.07) is 13.3. The molecule has 8 nitrogen and oxygen atoms in total. The van der Waals surface area contributed by atoms with Gasteiger partial charge in [0, 0.05) is 37.4 Å². The quantitative estimate of drug-likeness (QED) is 0.319. The van der Waals surface area contributed by atoms with E-state index in [1.165, 1.54) is 55.6 Å². The predicted octanol–water partition coefficient (Wildman–Crippen LogP) is 5.65. The average Bonchev–Trinajstić information content (AvgIpc) is 2.80. The fourth-order valence-electron chi connectivity index (χ4n) is 3.66. The van der Waals surface area contributed by atoms with E-state index in [0.717, 1.165) is 6.07 Å². The number of carbonyl (C=O) groups excluding carboxylic acids is 1. The first kappa shape index (κ1) is 28.8. The summed E-state index contributed by atoms with van der Waals surface area (Å²) in [5.41, 5.74) is 0.753. The molecule has 0 bridgehead atoms. The fourth-order valence-corrected chi connectivity index (χ4v) is 4.83. The molecule has 0 aliphatic rings. The monoisotopic (exact) mass is 552 g/mol. The molecular formula is C26H27F3N2O6S. The van der Waals surface area contributed by atoms with Crippen LogP contribution in [0.2, 0.25) is 0 Å². The summed E-state index contributed by atoms with van der Waals surface area (Å²) in [7, 11) is -2.98. The van der Waals surface area contributed by atoms with E-state index < -0.39 is 34.0 Å². The Bertz CT molecular complexity index is 1390. The highest BCUT2D eigenvalue weighted by Crippen LogP contribution is 2.32. The summed E-state index contributed by atoms with van der Waals surface area (Å²) in [5, 5.41) is 2.59. The van der Waals surface area contributed by atoms with Gasteiger partial charge in [-0.05, 0) is 49.7 Å². The summed E-state index contributed by atoms with van der Waals surface area (Å²) in [6.07, 6.45) is -4.71. The van der Waals surface area contributed by atoms with E-state index in [0.29, 0.717) is 12.5 Å². The van der Waals surface area contributed by atoms with Crippen molar-refractivity contribution >= 4 is 27.3 Å². The van der Waals surface area contributed by atoms with Crippen molar-refractivity contribution in [3.05, 3.63) is 77.6 Å². The van der Waals surface area contributed by atoms with E-state index in [9.17, 15) is 26.4 Å². The van der Waals surface area contributed by atoms with Crippen molar-refractivity contribution in [1.82, 2.24) is 0 Å². The summed E-state index contributed by atoms with van der Waals surface area (Å²) >= 11 is 0. The molecule has 0 aromatic heterocycles. The van der Waals surface area contributed by atoms with Crippen molar-refractivity contribution in [3.8, 4) is 11.5 Å². The number of halogens is 3. The standard InChI is InChI=1S/C26H27F3N2O6S/c1-5-36-21-15-17(30-25(32)24(35-4)23-16(2)8-6-11-20(23)27)12-13-22(21)38(33,34)31-18-9-7-10-19(14-18)37-26(3,28)29/h6-15,24,31H,5H2,1-4H3,(H,30,32). The lowest BCUT2D eigenvalue weighted by Crippen LogP contribution is -2.24. The minimum atomic E-state index is -4.25. The maximum Gasteiger partial charge on any atom is 0.394 e. The van der Waals surface area contributed by atoms with Crippen LogP contribution in [0, 0.1) is 12.7 Å². The minimum Gasteiger partial charge on any atom is -0.492 e. The molecule has 0 radical (unpaired) electrons. The third-order valence-corrected chi connectivity index (χ3v) is 6.61. The molecule has 0 saturated heterocycles. The van der Waals surface area contributed by atoms with E-state index in [1.807, 2.05) is 0 Å². The Morgan fingerprint density at radius 2 is 1.76 bits per heavy atom. The number of sulfonamides is 1. The molecule has 0 aliphatic heterocycles. The van der Waals surface area contributed by atoms with E-state index >= 15 is 0 Å². The Labute approximate surface area is 218 Å². The number of aryl methyl sites for hydroxylation is 1. The minimum absolute atomic E-state index is 0.0187. The molecule has 3 aromatic rings. The second-order valence-corrected chi connectivity index (χ2v) is 9.86. The Balaban J connectivity index is 1.87. The van der Waals surface area contributed by atoms with Gasteiger partial charge >= 0.3 is 6.11 Å². The first-order valence-electron chi connectivity index (χ1n) is 11.4.